The number of alkyl halides is 2. The molecule has 0 bridgehead atoms. The van der Waals surface area contributed by atoms with Crippen LogP contribution in [0.3, 0.4) is 0 Å². The normalized spacial score (nSPS) is 11.6. The largest absolute Gasteiger partial charge is 0.299 e. The maximum atomic E-state index is 12.4. The second-order valence-corrected chi connectivity index (χ2v) is 3.64. The first-order valence-corrected chi connectivity index (χ1v) is 4.69. The van der Waals surface area contributed by atoms with Gasteiger partial charge in [-0.25, -0.2) is 18.3 Å². The molecule has 0 amide bonds. The molecule has 0 atom stereocenters. The summed E-state index contributed by atoms with van der Waals surface area (Å²) in [6.07, 6.45) is -2.68. The molecule has 0 fully saturated rings. The van der Waals surface area contributed by atoms with Crippen LogP contribution >= 0.6 is 11.6 Å². The topological polar surface area (TPSA) is 30.2 Å². The summed E-state index contributed by atoms with van der Waals surface area (Å²) < 4.78 is 25.9. The molecule has 2 aromatic heterocycles. The number of hydrogen-bond acceptors (Lipinski definition) is 2. The van der Waals surface area contributed by atoms with E-state index in [2.05, 4.69) is 10.1 Å². The van der Waals surface area contributed by atoms with Crippen LogP contribution in [0.4, 0.5) is 8.78 Å². The Hall–Kier alpha value is -1.23. The molecule has 15 heavy (non-hydrogen) atoms. The van der Waals surface area contributed by atoms with Crippen molar-refractivity contribution >= 4 is 17.2 Å². The zero-order chi connectivity index (χ0) is 11.2. The number of rotatable bonds is 1. The number of halogens is 3. The van der Waals surface area contributed by atoms with Crippen molar-refractivity contribution in [3.63, 3.8) is 0 Å². The Bertz CT molecular complexity index is 522. The molecule has 0 saturated carbocycles. The Balaban J connectivity index is 2.76. The highest BCUT2D eigenvalue weighted by molar-refractivity contribution is 6.30. The lowest BCUT2D eigenvalue weighted by Gasteiger charge is -2.03. The molecule has 0 radical (unpaired) electrons. The molecule has 0 spiro atoms. The van der Waals surface area contributed by atoms with Crippen LogP contribution in [0.2, 0.25) is 5.15 Å². The molecule has 0 unspecified atom stereocenters. The molecule has 0 saturated heterocycles. The minimum Gasteiger partial charge on any atom is -0.206 e. The summed E-state index contributed by atoms with van der Waals surface area (Å²) in [5, 5.41) is 3.96. The SMILES string of the molecule is Cc1cc2nc(C(F)F)nn2c(Cl)c1C. The fourth-order valence-electron chi connectivity index (χ4n) is 1.29. The van der Waals surface area contributed by atoms with Crippen molar-refractivity contribution in [2.24, 2.45) is 0 Å². The van der Waals surface area contributed by atoms with Crippen molar-refractivity contribution in [2.45, 2.75) is 20.3 Å². The molecule has 6 heteroatoms. The Morgan fingerprint density at radius 1 is 1.40 bits per heavy atom. The van der Waals surface area contributed by atoms with E-state index in [4.69, 9.17) is 11.6 Å². The van der Waals surface area contributed by atoms with Gasteiger partial charge in [-0.3, -0.25) is 0 Å². The highest BCUT2D eigenvalue weighted by Crippen LogP contribution is 2.23. The van der Waals surface area contributed by atoms with Crippen LogP contribution in [0.15, 0.2) is 6.07 Å². The van der Waals surface area contributed by atoms with E-state index >= 15 is 0 Å². The second kappa shape index (κ2) is 3.41. The number of pyridine rings is 1. The molecule has 3 nitrogen and oxygen atoms in total. The lowest BCUT2D eigenvalue weighted by Crippen LogP contribution is -1.95. The molecule has 0 aliphatic heterocycles. The third-order valence-corrected chi connectivity index (χ3v) is 2.72. The minimum absolute atomic E-state index is 0.324. The molecule has 0 aliphatic rings. The number of hydrogen-bond donors (Lipinski definition) is 0. The maximum absolute atomic E-state index is 12.4. The van der Waals surface area contributed by atoms with E-state index in [1.807, 2.05) is 6.92 Å². The van der Waals surface area contributed by atoms with Gasteiger partial charge in [0.15, 0.2) is 5.65 Å². The van der Waals surface area contributed by atoms with Crippen LogP contribution in [0, 0.1) is 13.8 Å². The van der Waals surface area contributed by atoms with Gasteiger partial charge in [0.05, 0.1) is 0 Å². The first-order chi connectivity index (χ1) is 7.00. The van der Waals surface area contributed by atoms with Crippen LogP contribution in [-0.2, 0) is 0 Å². The van der Waals surface area contributed by atoms with Crippen LogP contribution < -0.4 is 0 Å². The summed E-state index contributed by atoms with van der Waals surface area (Å²) in [5.74, 6) is -0.498. The third kappa shape index (κ3) is 1.56. The molecule has 2 aromatic rings. The molecule has 2 heterocycles. The molecule has 0 N–H and O–H groups in total. The molecule has 2 rings (SSSR count). The van der Waals surface area contributed by atoms with Gasteiger partial charge in [-0.1, -0.05) is 11.6 Å². The highest BCUT2D eigenvalue weighted by Gasteiger charge is 2.16. The van der Waals surface area contributed by atoms with E-state index < -0.39 is 12.2 Å². The van der Waals surface area contributed by atoms with Crippen molar-refractivity contribution in [3.8, 4) is 0 Å². The fraction of sp³-hybridized carbons (Fsp3) is 0.333. The Labute approximate surface area is 89.7 Å². The van der Waals surface area contributed by atoms with Crippen molar-refractivity contribution in [3.05, 3.63) is 28.2 Å². The van der Waals surface area contributed by atoms with Gasteiger partial charge < -0.3 is 0 Å². The molecular formula is C9H8ClF2N3. The van der Waals surface area contributed by atoms with E-state index in [0.29, 0.717) is 10.8 Å². The lowest BCUT2D eigenvalue weighted by molar-refractivity contribution is 0.140. The number of aromatic nitrogens is 3. The van der Waals surface area contributed by atoms with Crippen LogP contribution in [0.5, 0.6) is 0 Å². The van der Waals surface area contributed by atoms with Gasteiger partial charge in [-0.2, -0.15) is 0 Å². The zero-order valence-corrected chi connectivity index (χ0v) is 8.89. The summed E-state index contributed by atoms with van der Waals surface area (Å²) in [5.41, 5.74) is 2.06. The molecule has 80 valence electrons. The Kier molecular flexibility index (Phi) is 2.34. The quantitative estimate of drug-likeness (QED) is 0.707. The highest BCUT2D eigenvalue weighted by atomic mass is 35.5. The van der Waals surface area contributed by atoms with Gasteiger partial charge in [-0.15, -0.1) is 5.10 Å². The number of aryl methyl sites for hydroxylation is 1. The molecule has 0 aromatic carbocycles. The van der Waals surface area contributed by atoms with Crippen molar-refractivity contribution in [1.29, 1.82) is 0 Å². The van der Waals surface area contributed by atoms with Crippen LogP contribution in [-0.4, -0.2) is 14.6 Å². The monoisotopic (exact) mass is 231 g/mol. The fourth-order valence-corrected chi connectivity index (χ4v) is 1.57. The predicted octanol–water partition coefficient (Wildman–Crippen LogP) is 2.94. The maximum Gasteiger partial charge on any atom is 0.299 e. The predicted molar refractivity (Wildman–Crippen MR) is 52.4 cm³/mol. The van der Waals surface area contributed by atoms with Crippen molar-refractivity contribution in [2.75, 3.05) is 0 Å². The lowest BCUT2D eigenvalue weighted by atomic mass is 10.2. The van der Waals surface area contributed by atoms with Gasteiger partial charge in [-0.05, 0) is 31.0 Å². The first kappa shape index (κ1) is 10.3. The standard InChI is InChI=1S/C9H8ClF2N3/c1-4-3-6-13-9(8(11)12)14-15(6)7(10)5(4)2/h3,8H,1-2H3. The van der Waals surface area contributed by atoms with Gasteiger partial charge >= 0.3 is 0 Å². The van der Waals surface area contributed by atoms with Crippen LogP contribution in [0.1, 0.15) is 23.4 Å². The van der Waals surface area contributed by atoms with Gasteiger partial charge in [0.25, 0.3) is 6.43 Å². The first-order valence-electron chi connectivity index (χ1n) is 4.31. The summed E-state index contributed by atoms with van der Waals surface area (Å²) in [6, 6.07) is 1.68. The summed E-state index contributed by atoms with van der Waals surface area (Å²) in [7, 11) is 0. The third-order valence-electron chi connectivity index (χ3n) is 2.28. The Morgan fingerprint density at radius 2 is 2.07 bits per heavy atom. The van der Waals surface area contributed by atoms with Gasteiger partial charge in [0.1, 0.15) is 5.15 Å². The van der Waals surface area contributed by atoms with E-state index in [9.17, 15) is 8.78 Å². The zero-order valence-electron chi connectivity index (χ0n) is 8.13. The van der Waals surface area contributed by atoms with E-state index in [1.165, 1.54) is 4.52 Å². The average Bonchev–Trinajstić information content (AvgIpc) is 2.58. The van der Waals surface area contributed by atoms with E-state index in [0.717, 1.165) is 11.1 Å². The average molecular weight is 232 g/mol. The summed E-state index contributed by atoms with van der Waals surface area (Å²) in [4.78, 5) is 3.69. The number of fused-ring (bicyclic) bond motifs is 1. The van der Waals surface area contributed by atoms with Gasteiger partial charge in [0, 0.05) is 0 Å². The van der Waals surface area contributed by atoms with Crippen LogP contribution in [0.25, 0.3) is 5.65 Å². The van der Waals surface area contributed by atoms with Gasteiger partial charge in [0.2, 0.25) is 5.82 Å². The van der Waals surface area contributed by atoms with E-state index in [-0.39, 0.29) is 0 Å². The smallest absolute Gasteiger partial charge is 0.206 e. The van der Waals surface area contributed by atoms with Crippen molar-refractivity contribution < 1.29 is 8.78 Å². The number of nitrogens with zero attached hydrogens (tertiary/aromatic N) is 3. The minimum atomic E-state index is -2.68. The Morgan fingerprint density at radius 3 is 2.67 bits per heavy atom. The second-order valence-electron chi connectivity index (χ2n) is 3.28. The molecule has 0 aliphatic carbocycles. The summed E-state index contributed by atoms with van der Waals surface area (Å²) in [6.45, 7) is 3.65. The van der Waals surface area contributed by atoms with Crippen molar-refractivity contribution in [1.82, 2.24) is 14.6 Å². The van der Waals surface area contributed by atoms with E-state index in [1.54, 1.807) is 13.0 Å². The molecular weight excluding hydrogens is 224 g/mol. The summed E-state index contributed by atoms with van der Waals surface area (Å²) >= 11 is 5.96.